The first-order valence-electron chi connectivity index (χ1n) is 8.49. The molecule has 0 atom stereocenters. The average molecular weight is 341 g/mol. The number of ketones is 1. The van der Waals surface area contributed by atoms with Crippen molar-refractivity contribution in [3.63, 3.8) is 0 Å². The Hall–Kier alpha value is -3.38. The fourth-order valence-corrected chi connectivity index (χ4v) is 2.66. The minimum Gasteiger partial charge on any atom is -0.489 e. The van der Waals surface area contributed by atoms with Crippen molar-refractivity contribution >= 4 is 5.78 Å². The molecule has 0 saturated carbocycles. The summed E-state index contributed by atoms with van der Waals surface area (Å²) in [5.74, 6) is 0.935. The van der Waals surface area contributed by atoms with Gasteiger partial charge in [-0.15, -0.1) is 0 Å². The Morgan fingerprint density at radius 1 is 0.769 bits per heavy atom. The molecule has 128 valence electrons. The second kappa shape index (κ2) is 8.64. The van der Waals surface area contributed by atoms with Crippen LogP contribution in [-0.4, -0.2) is 5.78 Å². The standard InChI is InChI=1S/C23H19NO2/c24-16-20-8-6-18(7-9-20)14-22(25)15-19-10-12-23(13-11-19)26-17-21-4-2-1-3-5-21/h1-13H,14-15,17H2. The van der Waals surface area contributed by atoms with E-state index in [1.54, 1.807) is 12.1 Å². The number of nitrogens with zero attached hydrogens (tertiary/aromatic N) is 1. The summed E-state index contributed by atoms with van der Waals surface area (Å²) in [5.41, 5.74) is 3.62. The number of rotatable bonds is 7. The van der Waals surface area contributed by atoms with Gasteiger partial charge in [0.1, 0.15) is 18.1 Å². The molecule has 0 fully saturated rings. The highest BCUT2D eigenvalue weighted by atomic mass is 16.5. The van der Waals surface area contributed by atoms with Crippen molar-refractivity contribution in [1.82, 2.24) is 0 Å². The van der Waals surface area contributed by atoms with Crippen LogP contribution in [0.1, 0.15) is 22.3 Å². The monoisotopic (exact) mass is 341 g/mol. The van der Waals surface area contributed by atoms with Crippen LogP contribution < -0.4 is 4.74 Å². The lowest BCUT2D eigenvalue weighted by molar-refractivity contribution is -0.117. The Morgan fingerprint density at radius 2 is 1.35 bits per heavy atom. The van der Waals surface area contributed by atoms with Gasteiger partial charge in [-0.05, 0) is 41.0 Å². The maximum atomic E-state index is 12.2. The lowest BCUT2D eigenvalue weighted by atomic mass is 10.0. The van der Waals surface area contributed by atoms with Crippen LogP contribution in [0.25, 0.3) is 0 Å². The van der Waals surface area contributed by atoms with Crippen LogP contribution in [0.4, 0.5) is 0 Å². The number of benzene rings is 3. The molecule has 0 aliphatic heterocycles. The number of ether oxygens (including phenoxy) is 1. The Balaban J connectivity index is 1.51. The number of hydrogen-bond acceptors (Lipinski definition) is 3. The lowest BCUT2D eigenvalue weighted by Crippen LogP contribution is -2.06. The molecular weight excluding hydrogens is 322 g/mol. The van der Waals surface area contributed by atoms with E-state index in [1.807, 2.05) is 66.7 Å². The van der Waals surface area contributed by atoms with Crippen LogP contribution in [0.2, 0.25) is 0 Å². The van der Waals surface area contributed by atoms with Gasteiger partial charge in [0.2, 0.25) is 0 Å². The van der Waals surface area contributed by atoms with Gasteiger partial charge in [-0.1, -0.05) is 54.6 Å². The zero-order chi connectivity index (χ0) is 18.2. The van der Waals surface area contributed by atoms with E-state index < -0.39 is 0 Å². The molecule has 0 aliphatic rings. The van der Waals surface area contributed by atoms with Gasteiger partial charge in [-0.3, -0.25) is 4.79 Å². The molecule has 0 saturated heterocycles. The van der Waals surface area contributed by atoms with Gasteiger partial charge in [0.25, 0.3) is 0 Å². The van der Waals surface area contributed by atoms with Crippen molar-refractivity contribution in [2.75, 3.05) is 0 Å². The Labute approximate surface area is 153 Å². The van der Waals surface area contributed by atoms with Crippen LogP contribution >= 0.6 is 0 Å². The van der Waals surface area contributed by atoms with Crippen LogP contribution in [0.15, 0.2) is 78.9 Å². The van der Waals surface area contributed by atoms with Gasteiger partial charge in [0, 0.05) is 12.8 Å². The highest BCUT2D eigenvalue weighted by molar-refractivity contribution is 5.83. The number of nitriles is 1. The van der Waals surface area contributed by atoms with E-state index in [2.05, 4.69) is 6.07 Å². The first-order chi connectivity index (χ1) is 12.7. The maximum Gasteiger partial charge on any atom is 0.141 e. The van der Waals surface area contributed by atoms with Gasteiger partial charge in [0.15, 0.2) is 0 Å². The van der Waals surface area contributed by atoms with E-state index in [4.69, 9.17) is 10.00 Å². The molecule has 3 aromatic carbocycles. The van der Waals surface area contributed by atoms with Gasteiger partial charge in [-0.25, -0.2) is 0 Å². The molecule has 3 rings (SSSR count). The molecule has 3 aromatic rings. The van der Waals surface area contributed by atoms with Crippen molar-refractivity contribution in [3.8, 4) is 11.8 Å². The summed E-state index contributed by atoms with van der Waals surface area (Å²) in [6, 6.07) is 26.9. The van der Waals surface area contributed by atoms with Gasteiger partial charge < -0.3 is 4.74 Å². The van der Waals surface area contributed by atoms with Crippen molar-refractivity contribution in [1.29, 1.82) is 5.26 Å². The molecule has 3 heteroatoms. The zero-order valence-corrected chi connectivity index (χ0v) is 14.4. The minimum absolute atomic E-state index is 0.146. The minimum atomic E-state index is 0.146. The molecule has 0 radical (unpaired) electrons. The molecular formula is C23H19NO2. The van der Waals surface area contributed by atoms with Crippen LogP contribution in [0.3, 0.4) is 0 Å². The zero-order valence-electron chi connectivity index (χ0n) is 14.4. The number of hydrogen-bond donors (Lipinski definition) is 0. The third-order valence-corrected chi connectivity index (χ3v) is 4.06. The van der Waals surface area contributed by atoms with E-state index in [0.717, 1.165) is 22.4 Å². The van der Waals surface area contributed by atoms with Gasteiger partial charge >= 0.3 is 0 Å². The number of carbonyl (C=O) groups excluding carboxylic acids is 1. The topological polar surface area (TPSA) is 50.1 Å². The molecule has 0 aliphatic carbocycles. The third kappa shape index (κ3) is 5.06. The van der Waals surface area contributed by atoms with E-state index >= 15 is 0 Å². The second-order valence-electron chi connectivity index (χ2n) is 6.12. The van der Waals surface area contributed by atoms with Crippen molar-refractivity contribution in [2.45, 2.75) is 19.4 Å². The summed E-state index contributed by atoms with van der Waals surface area (Å²) in [7, 11) is 0. The highest BCUT2D eigenvalue weighted by Gasteiger charge is 2.06. The molecule has 0 N–H and O–H groups in total. The largest absolute Gasteiger partial charge is 0.489 e. The van der Waals surface area contributed by atoms with E-state index in [0.29, 0.717) is 25.0 Å². The molecule has 0 aromatic heterocycles. The van der Waals surface area contributed by atoms with Crippen LogP contribution in [0.5, 0.6) is 5.75 Å². The Kier molecular flexibility index (Phi) is 5.80. The van der Waals surface area contributed by atoms with Crippen LogP contribution in [0, 0.1) is 11.3 Å². The van der Waals surface area contributed by atoms with Gasteiger partial charge in [0.05, 0.1) is 11.6 Å². The normalized spacial score (nSPS) is 10.1. The summed E-state index contributed by atoms with van der Waals surface area (Å²) < 4.78 is 5.76. The Morgan fingerprint density at radius 3 is 1.92 bits per heavy atom. The van der Waals surface area contributed by atoms with Crippen LogP contribution in [-0.2, 0) is 24.2 Å². The fraction of sp³-hybridized carbons (Fsp3) is 0.130. The molecule has 0 bridgehead atoms. The van der Waals surface area contributed by atoms with Crippen molar-refractivity contribution in [3.05, 3.63) is 101 Å². The smallest absolute Gasteiger partial charge is 0.141 e. The SMILES string of the molecule is N#Cc1ccc(CC(=O)Cc2ccc(OCc3ccccc3)cc2)cc1. The summed E-state index contributed by atoms with van der Waals surface area (Å²) in [4.78, 5) is 12.2. The third-order valence-electron chi connectivity index (χ3n) is 4.06. The quantitative estimate of drug-likeness (QED) is 0.636. The fourth-order valence-electron chi connectivity index (χ4n) is 2.66. The summed E-state index contributed by atoms with van der Waals surface area (Å²) in [6.07, 6.45) is 0.761. The first kappa shape index (κ1) is 17.4. The van der Waals surface area contributed by atoms with Crippen molar-refractivity contribution in [2.24, 2.45) is 0 Å². The molecule has 0 unspecified atom stereocenters. The lowest BCUT2D eigenvalue weighted by Gasteiger charge is -2.07. The van der Waals surface area contributed by atoms with E-state index in [9.17, 15) is 4.79 Å². The molecule has 0 spiro atoms. The molecule has 26 heavy (non-hydrogen) atoms. The van der Waals surface area contributed by atoms with Crippen molar-refractivity contribution < 1.29 is 9.53 Å². The molecule has 3 nitrogen and oxygen atoms in total. The predicted molar refractivity (Wildman–Crippen MR) is 101 cm³/mol. The summed E-state index contributed by atoms with van der Waals surface area (Å²) in [6.45, 7) is 0.526. The first-order valence-corrected chi connectivity index (χ1v) is 8.49. The van der Waals surface area contributed by atoms with E-state index in [-0.39, 0.29) is 5.78 Å². The maximum absolute atomic E-state index is 12.2. The summed E-state index contributed by atoms with van der Waals surface area (Å²) >= 11 is 0. The molecule has 0 amide bonds. The Bertz CT molecular complexity index is 892. The second-order valence-corrected chi connectivity index (χ2v) is 6.12. The average Bonchev–Trinajstić information content (AvgIpc) is 2.69. The predicted octanol–water partition coefficient (Wildman–Crippen LogP) is 4.49. The highest BCUT2D eigenvalue weighted by Crippen LogP contribution is 2.15. The van der Waals surface area contributed by atoms with E-state index in [1.165, 1.54) is 0 Å². The molecule has 0 heterocycles. The van der Waals surface area contributed by atoms with Gasteiger partial charge in [-0.2, -0.15) is 5.26 Å². The summed E-state index contributed by atoms with van der Waals surface area (Å²) in [5, 5.41) is 8.80. The number of carbonyl (C=O) groups is 1. The number of Topliss-reactive ketones (excluding diaryl/α,β-unsaturated/α-hetero) is 1.